The van der Waals surface area contributed by atoms with Crippen LogP contribution in [-0.4, -0.2) is 38.5 Å². The molecule has 1 aliphatic heterocycles. The SMILES string of the molecule is Cc1nn(-c2ccccc2)cc1CN1CC(O)(CC#N)C1. The molecule has 0 radical (unpaired) electrons. The van der Waals surface area contributed by atoms with Gasteiger partial charge in [0.15, 0.2) is 0 Å². The molecule has 1 saturated heterocycles. The van der Waals surface area contributed by atoms with Crippen molar-refractivity contribution in [3.8, 4) is 11.8 Å². The van der Waals surface area contributed by atoms with Crippen LogP contribution >= 0.6 is 0 Å². The number of aliphatic hydroxyl groups is 1. The van der Waals surface area contributed by atoms with Gasteiger partial charge in [-0.3, -0.25) is 4.90 Å². The molecule has 5 nitrogen and oxygen atoms in total. The first kappa shape index (κ1) is 13.8. The van der Waals surface area contributed by atoms with Crippen LogP contribution in [0, 0.1) is 18.3 Å². The number of hydrogen-bond acceptors (Lipinski definition) is 4. The van der Waals surface area contributed by atoms with Crippen LogP contribution in [-0.2, 0) is 6.54 Å². The Hall–Kier alpha value is -2.16. The number of aromatic nitrogens is 2. The van der Waals surface area contributed by atoms with Gasteiger partial charge in [-0.1, -0.05) is 18.2 Å². The molecule has 1 aromatic carbocycles. The number of benzene rings is 1. The second-order valence-electron chi connectivity index (χ2n) is 5.72. The third kappa shape index (κ3) is 2.82. The molecule has 0 atom stereocenters. The van der Waals surface area contributed by atoms with Crippen molar-refractivity contribution in [3.05, 3.63) is 47.8 Å². The van der Waals surface area contributed by atoms with Gasteiger partial charge < -0.3 is 5.11 Å². The number of para-hydroxylation sites is 1. The van der Waals surface area contributed by atoms with Crippen molar-refractivity contribution in [1.82, 2.24) is 14.7 Å². The van der Waals surface area contributed by atoms with Crippen LogP contribution in [0.4, 0.5) is 0 Å². The van der Waals surface area contributed by atoms with Gasteiger partial charge in [0, 0.05) is 31.4 Å². The highest BCUT2D eigenvalue weighted by Gasteiger charge is 2.40. The Balaban J connectivity index is 1.68. The van der Waals surface area contributed by atoms with E-state index in [1.54, 1.807) is 0 Å². The van der Waals surface area contributed by atoms with E-state index in [0.717, 1.165) is 23.5 Å². The number of hydrogen-bond donors (Lipinski definition) is 1. The molecular weight excluding hydrogens is 264 g/mol. The van der Waals surface area contributed by atoms with Gasteiger partial charge in [0.1, 0.15) is 5.60 Å². The van der Waals surface area contributed by atoms with Crippen LogP contribution in [0.1, 0.15) is 17.7 Å². The van der Waals surface area contributed by atoms with Gasteiger partial charge in [-0.25, -0.2) is 4.68 Å². The average Bonchev–Trinajstić information content (AvgIpc) is 2.80. The average molecular weight is 282 g/mol. The summed E-state index contributed by atoms with van der Waals surface area (Å²) in [5.74, 6) is 0. The lowest BCUT2D eigenvalue weighted by Crippen LogP contribution is -2.60. The normalized spacial score (nSPS) is 17.2. The van der Waals surface area contributed by atoms with E-state index in [-0.39, 0.29) is 6.42 Å². The molecule has 1 N–H and O–H groups in total. The van der Waals surface area contributed by atoms with E-state index in [0.29, 0.717) is 13.1 Å². The topological polar surface area (TPSA) is 65.1 Å². The standard InChI is InChI=1S/C16H18N4O/c1-13-14(9-19-11-16(21,12-19)7-8-17)10-20(18-13)15-5-3-2-4-6-15/h2-6,10,21H,7,9,11-12H2,1H3. The smallest absolute Gasteiger partial charge is 0.103 e. The summed E-state index contributed by atoms with van der Waals surface area (Å²) in [6, 6.07) is 12.0. The summed E-state index contributed by atoms with van der Waals surface area (Å²) in [5, 5.41) is 23.2. The number of β-amino-alcohol motifs (C(OH)–C–C–N with tert-alkyl or cyclic N) is 1. The van der Waals surface area contributed by atoms with Gasteiger partial charge >= 0.3 is 0 Å². The van der Waals surface area contributed by atoms with E-state index in [1.165, 1.54) is 0 Å². The third-order valence-electron chi connectivity index (χ3n) is 3.86. The lowest BCUT2D eigenvalue weighted by Gasteiger charge is -2.45. The van der Waals surface area contributed by atoms with Crippen molar-refractivity contribution in [2.75, 3.05) is 13.1 Å². The quantitative estimate of drug-likeness (QED) is 0.926. The molecule has 0 spiro atoms. The van der Waals surface area contributed by atoms with E-state index >= 15 is 0 Å². The molecule has 0 unspecified atom stereocenters. The Morgan fingerprint density at radius 3 is 2.71 bits per heavy atom. The van der Waals surface area contributed by atoms with E-state index in [4.69, 9.17) is 5.26 Å². The predicted molar refractivity (Wildman–Crippen MR) is 78.8 cm³/mol. The molecule has 2 heterocycles. The Bertz CT molecular complexity index is 665. The lowest BCUT2D eigenvalue weighted by atomic mass is 9.91. The summed E-state index contributed by atoms with van der Waals surface area (Å²) < 4.78 is 1.88. The zero-order valence-corrected chi connectivity index (χ0v) is 12.0. The predicted octanol–water partition coefficient (Wildman–Crippen LogP) is 1.64. The molecule has 1 aliphatic rings. The van der Waals surface area contributed by atoms with Gasteiger partial charge in [0.25, 0.3) is 0 Å². The molecule has 0 aliphatic carbocycles. The third-order valence-corrected chi connectivity index (χ3v) is 3.86. The first-order chi connectivity index (χ1) is 10.1. The monoisotopic (exact) mass is 282 g/mol. The minimum atomic E-state index is -0.821. The molecule has 3 rings (SSSR count). The van der Waals surface area contributed by atoms with Gasteiger partial charge in [0.2, 0.25) is 0 Å². The molecule has 0 saturated carbocycles. The Labute approximate surface area is 124 Å². The fourth-order valence-electron chi connectivity index (χ4n) is 2.76. The zero-order chi connectivity index (χ0) is 14.9. The van der Waals surface area contributed by atoms with Gasteiger partial charge in [0.05, 0.1) is 23.9 Å². The van der Waals surface area contributed by atoms with Crippen LogP contribution in [0.25, 0.3) is 5.69 Å². The number of rotatable bonds is 4. The molecule has 2 aromatic rings. The molecule has 108 valence electrons. The van der Waals surface area contributed by atoms with Crippen LogP contribution in [0.3, 0.4) is 0 Å². The molecule has 21 heavy (non-hydrogen) atoms. The highest BCUT2D eigenvalue weighted by Crippen LogP contribution is 2.26. The lowest BCUT2D eigenvalue weighted by molar-refractivity contribution is -0.0975. The first-order valence-electron chi connectivity index (χ1n) is 7.02. The highest BCUT2D eigenvalue weighted by atomic mass is 16.3. The highest BCUT2D eigenvalue weighted by molar-refractivity contribution is 5.32. The van der Waals surface area contributed by atoms with E-state index in [9.17, 15) is 5.11 Å². The van der Waals surface area contributed by atoms with E-state index in [2.05, 4.69) is 10.00 Å². The van der Waals surface area contributed by atoms with Crippen LogP contribution < -0.4 is 0 Å². The van der Waals surface area contributed by atoms with Gasteiger partial charge in [-0.2, -0.15) is 10.4 Å². The fraction of sp³-hybridized carbons (Fsp3) is 0.375. The molecule has 0 amide bonds. The van der Waals surface area contributed by atoms with Crippen molar-refractivity contribution < 1.29 is 5.11 Å². The first-order valence-corrected chi connectivity index (χ1v) is 7.02. The van der Waals surface area contributed by atoms with Gasteiger partial charge in [-0.05, 0) is 19.1 Å². The second kappa shape index (κ2) is 5.32. The van der Waals surface area contributed by atoms with Crippen molar-refractivity contribution in [2.45, 2.75) is 25.5 Å². The van der Waals surface area contributed by atoms with Crippen molar-refractivity contribution in [3.63, 3.8) is 0 Å². The van der Waals surface area contributed by atoms with Crippen LogP contribution in [0.5, 0.6) is 0 Å². The summed E-state index contributed by atoms with van der Waals surface area (Å²) in [4.78, 5) is 2.14. The fourth-order valence-corrected chi connectivity index (χ4v) is 2.76. The summed E-state index contributed by atoms with van der Waals surface area (Å²) in [6.07, 6.45) is 2.23. The molecule has 1 aromatic heterocycles. The Morgan fingerprint density at radius 1 is 1.33 bits per heavy atom. The van der Waals surface area contributed by atoms with Crippen LogP contribution in [0.2, 0.25) is 0 Å². The maximum absolute atomic E-state index is 10.0. The van der Waals surface area contributed by atoms with Gasteiger partial charge in [-0.15, -0.1) is 0 Å². The minimum absolute atomic E-state index is 0.200. The number of nitrogens with zero attached hydrogens (tertiary/aromatic N) is 4. The number of nitriles is 1. The summed E-state index contributed by atoms with van der Waals surface area (Å²) in [7, 11) is 0. The zero-order valence-electron chi connectivity index (χ0n) is 12.0. The van der Waals surface area contributed by atoms with E-state index < -0.39 is 5.60 Å². The van der Waals surface area contributed by atoms with Crippen molar-refractivity contribution in [2.24, 2.45) is 0 Å². The maximum Gasteiger partial charge on any atom is 0.103 e. The number of likely N-dealkylation sites (tertiary alicyclic amines) is 1. The van der Waals surface area contributed by atoms with Crippen LogP contribution in [0.15, 0.2) is 36.5 Å². The number of aryl methyl sites for hydroxylation is 1. The summed E-state index contributed by atoms with van der Waals surface area (Å²) >= 11 is 0. The largest absolute Gasteiger partial charge is 0.386 e. The Morgan fingerprint density at radius 2 is 2.05 bits per heavy atom. The summed E-state index contributed by atoms with van der Waals surface area (Å²) in [5.41, 5.74) is 2.36. The molecule has 5 heteroatoms. The minimum Gasteiger partial charge on any atom is -0.386 e. The van der Waals surface area contributed by atoms with E-state index in [1.807, 2.05) is 54.2 Å². The van der Waals surface area contributed by atoms with Crippen molar-refractivity contribution in [1.29, 1.82) is 5.26 Å². The second-order valence-corrected chi connectivity index (χ2v) is 5.72. The summed E-state index contributed by atoms with van der Waals surface area (Å²) in [6.45, 7) is 3.86. The van der Waals surface area contributed by atoms with Crippen molar-refractivity contribution >= 4 is 0 Å². The molecule has 0 bridgehead atoms. The Kier molecular flexibility index (Phi) is 3.50. The maximum atomic E-state index is 10.0. The molecule has 1 fully saturated rings. The molecular formula is C16H18N4O.